The molecule has 0 bridgehead atoms. The Bertz CT molecular complexity index is 288. The fourth-order valence-electron chi connectivity index (χ4n) is 3.47. The molecular weight excluding hydrogens is 252 g/mol. The first-order valence-corrected chi connectivity index (χ1v) is 8.20. The number of rotatable bonds is 7. The van der Waals surface area contributed by atoms with Crippen LogP contribution in [0, 0.1) is 17.3 Å². The molecule has 3 unspecified atom stereocenters. The molecule has 20 heavy (non-hydrogen) atoms. The van der Waals surface area contributed by atoms with Crippen molar-refractivity contribution in [2.24, 2.45) is 17.3 Å². The largest absolute Gasteiger partial charge is 0.393 e. The van der Waals surface area contributed by atoms with Crippen LogP contribution < -0.4 is 5.32 Å². The first kappa shape index (κ1) is 16.2. The number of likely N-dealkylation sites (tertiary alicyclic amines) is 1. The van der Waals surface area contributed by atoms with Crippen LogP contribution >= 0.6 is 0 Å². The molecule has 2 heterocycles. The topological polar surface area (TPSA) is 44.7 Å². The number of nitrogens with one attached hydrogen (secondary N) is 1. The van der Waals surface area contributed by atoms with Crippen LogP contribution in [-0.2, 0) is 4.74 Å². The summed E-state index contributed by atoms with van der Waals surface area (Å²) in [6.07, 6.45) is 2.12. The highest BCUT2D eigenvalue weighted by Gasteiger charge is 2.38. The van der Waals surface area contributed by atoms with Gasteiger partial charge in [-0.2, -0.15) is 0 Å². The molecule has 0 amide bonds. The minimum absolute atomic E-state index is 0.171. The van der Waals surface area contributed by atoms with Crippen molar-refractivity contribution in [1.29, 1.82) is 0 Å². The Morgan fingerprint density at radius 3 is 2.75 bits per heavy atom. The van der Waals surface area contributed by atoms with Gasteiger partial charge < -0.3 is 20.1 Å². The average molecular weight is 284 g/mol. The molecule has 2 fully saturated rings. The third kappa shape index (κ3) is 4.42. The van der Waals surface area contributed by atoms with Gasteiger partial charge in [-0.3, -0.25) is 0 Å². The molecule has 0 aromatic carbocycles. The van der Waals surface area contributed by atoms with E-state index in [4.69, 9.17) is 4.74 Å². The second-order valence-corrected chi connectivity index (χ2v) is 7.35. The summed E-state index contributed by atoms with van der Waals surface area (Å²) in [5.74, 6) is 1.15. The molecular formula is C16H32N2O2. The van der Waals surface area contributed by atoms with Crippen LogP contribution in [0.25, 0.3) is 0 Å². The zero-order valence-corrected chi connectivity index (χ0v) is 13.4. The Hall–Kier alpha value is -0.160. The summed E-state index contributed by atoms with van der Waals surface area (Å²) in [7, 11) is 0. The van der Waals surface area contributed by atoms with Gasteiger partial charge in [-0.15, -0.1) is 0 Å². The molecule has 2 aliphatic heterocycles. The van der Waals surface area contributed by atoms with Gasteiger partial charge >= 0.3 is 0 Å². The minimum atomic E-state index is -0.171. The molecule has 0 aromatic heterocycles. The highest BCUT2D eigenvalue weighted by molar-refractivity contribution is 4.91. The lowest BCUT2D eigenvalue weighted by Gasteiger charge is -2.33. The average Bonchev–Trinajstić information content (AvgIpc) is 2.99. The molecule has 3 atom stereocenters. The second kappa shape index (κ2) is 7.21. The van der Waals surface area contributed by atoms with E-state index < -0.39 is 0 Å². The summed E-state index contributed by atoms with van der Waals surface area (Å²) >= 11 is 0. The number of aliphatic hydroxyl groups is 1. The molecule has 2 aliphatic rings. The summed E-state index contributed by atoms with van der Waals surface area (Å²) in [5, 5.41) is 13.4. The zero-order valence-electron chi connectivity index (χ0n) is 13.4. The monoisotopic (exact) mass is 284 g/mol. The fourth-order valence-corrected chi connectivity index (χ4v) is 3.47. The zero-order chi connectivity index (χ0) is 14.6. The van der Waals surface area contributed by atoms with Crippen LogP contribution in [0.1, 0.15) is 33.6 Å². The molecule has 2 saturated heterocycles. The first-order valence-electron chi connectivity index (χ1n) is 8.20. The standard InChI is InChI=1S/C16H32N2O2/c1-13(2)8-17-10-16(5-7-20-12-16)11-18-6-4-15(9-18)14(3)19/h13-15,17,19H,4-12H2,1-3H3. The fraction of sp³-hybridized carbons (Fsp3) is 1.00. The van der Waals surface area contributed by atoms with Crippen LogP contribution in [0.2, 0.25) is 0 Å². The summed E-state index contributed by atoms with van der Waals surface area (Å²) in [6.45, 7) is 13.6. The molecule has 4 nitrogen and oxygen atoms in total. The van der Waals surface area contributed by atoms with E-state index >= 15 is 0 Å². The second-order valence-electron chi connectivity index (χ2n) is 7.35. The van der Waals surface area contributed by atoms with Crippen molar-refractivity contribution in [3.63, 3.8) is 0 Å². The molecule has 4 heteroatoms. The quantitative estimate of drug-likeness (QED) is 0.740. The van der Waals surface area contributed by atoms with E-state index in [0.29, 0.717) is 11.8 Å². The van der Waals surface area contributed by atoms with E-state index in [1.165, 1.54) is 0 Å². The van der Waals surface area contributed by atoms with Gasteiger partial charge in [-0.1, -0.05) is 13.8 Å². The number of ether oxygens (including phenoxy) is 1. The summed E-state index contributed by atoms with van der Waals surface area (Å²) in [4.78, 5) is 2.53. The summed E-state index contributed by atoms with van der Waals surface area (Å²) in [5.41, 5.74) is 0.280. The first-order chi connectivity index (χ1) is 9.51. The molecule has 2 rings (SSSR count). The van der Waals surface area contributed by atoms with Crippen LogP contribution in [0.15, 0.2) is 0 Å². The van der Waals surface area contributed by atoms with Gasteiger partial charge in [-0.25, -0.2) is 0 Å². The number of nitrogens with zero attached hydrogens (tertiary/aromatic N) is 1. The highest BCUT2D eigenvalue weighted by Crippen LogP contribution is 2.31. The van der Waals surface area contributed by atoms with Gasteiger partial charge in [0, 0.05) is 31.7 Å². The van der Waals surface area contributed by atoms with Crippen molar-refractivity contribution in [3.8, 4) is 0 Å². The predicted molar refractivity (Wildman–Crippen MR) is 81.8 cm³/mol. The van der Waals surface area contributed by atoms with Crippen molar-refractivity contribution in [2.45, 2.75) is 39.7 Å². The van der Waals surface area contributed by atoms with Crippen LogP contribution in [-0.4, -0.2) is 62.0 Å². The Morgan fingerprint density at radius 1 is 1.40 bits per heavy atom. The molecule has 0 spiro atoms. The minimum Gasteiger partial charge on any atom is -0.393 e. The molecule has 2 N–H and O–H groups in total. The van der Waals surface area contributed by atoms with E-state index in [1.54, 1.807) is 0 Å². The van der Waals surface area contributed by atoms with Crippen molar-refractivity contribution >= 4 is 0 Å². The third-order valence-corrected chi connectivity index (χ3v) is 4.79. The lowest BCUT2D eigenvalue weighted by atomic mass is 9.86. The van der Waals surface area contributed by atoms with Gasteiger partial charge in [0.15, 0.2) is 0 Å². The SMILES string of the molecule is CC(C)CNCC1(CN2CCC(C(C)O)C2)CCOC1. The van der Waals surface area contributed by atoms with Gasteiger partial charge in [-0.05, 0) is 44.7 Å². The van der Waals surface area contributed by atoms with Crippen molar-refractivity contribution in [2.75, 3.05) is 45.9 Å². The van der Waals surface area contributed by atoms with Crippen LogP contribution in [0.3, 0.4) is 0 Å². The van der Waals surface area contributed by atoms with Crippen LogP contribution in [0.4, 0.5) is 0 Å². The number of hydrogen-bond donors (Lipinski definition) is 2. The van der Waals surface area contributed by atoms with E-state index in [2.05, 4.69) is 24.1 Å². The van der Waals surface area contributed by atoms with Crippen molar-refractivity contribution in [1.82, 2.24) is 10.2 Å². The maximum atomic E-state index is 9.73. The lowest BCUT2D eigenvalue weighted by molar-refractivity contribution is 0.102. The maximum Gasteiger partial charge on any atom is 0.0552 e. The van der Waals surface area contributed by atoms with E-state index in [-0.39, 0.29) is 11.5 Å². The molecule has 0 aliphatic carbocycles. The lowest BCUT2D eigenvalue weighted by Crippen LogP contribution is -2.45. The highest BCUT2D eigenvalue weighted by atomic mass is 16.5. The summed E-state index contributed by atoms with van der Waals surface area (Å²) in [6, 6.07) is 0. The van der Waals surface area contributed by atoms with E-state index in [1.807, 2.05) is 6.92 Å². The van der Waals surface area contributed by atoms with Crippen molar-refractivity contribution in [3.05, 3.63) is 0 Å². The molecule has 0 saturated carbocycles. The van der Waals surface area contributed by atoms with Gasteiger partial charge in [0.05, 0.1) is 12.7 Å². The smallest absolute Gasteiger partial charge is 0.0552 e. The Morgan fingerprint density at radius 2 is 2.20 bits per heavy atom. The van der Waals surface area contributed by atoms with E-state index in [0.717, 1.165) is 58.8 Å². The molecule has 118 valence electrons. The van der Waals surface area contributed by atoms with Crippen molar-refractivity contribution < 1.29 is 9.84 Å². The van der Waals surface area contributed by atoms with E-state index in [9.17, 15) is 5.11 Å². The number of hydrogen-bond acceptors (Lipinski definition) is 4. The maximum absolute atomic E-state index is 9.73. The molecule has 0 radical (unpaired) electrons. The number of aliphatic hydroxyl groups excluding tert-OH is 1. The third-order valence-electron chi connectivity index (χ3n) is 4.79. The van der Waals surface area contributed by atoms with Gasteiger partial charge in [0.2, 0.25) is 0 Å². The predicted octanol–water partition coefficient (Wildman–Crippen LogP) is 1.34. The van der Waals surface area contributed by atoms with Gasteiger partial charge in [0.1, 0.15) is 0 Å². The summed E-state index contributed by atoms with van der Waals surface area (Å²) < 4.78 is 5.69. The Balaban J connectivity index is 1.83. The Kier molecular flexibility index (Phi) is 5.84. The Labute approximate surface area is 123 Å². The normalized spacial score (nSPS) is 33.1. The van der Waals surface area contributed by atoms with Crippen LogP contribution in [0.5, 0.6) is 0 Å². The molecule has 0 aromatic rings. The van der Waals surface area contributed by atoms with Gasteiger partial charge in [0.25, 0.3) is 0 Å².